The summed E-state index contributed by atoms with van der Waals surface area (Å²) in [7, 11) is 0. The molecule has 0 aliphatic carbocycles. The van der Waals surface area contributed by atoms with Crippen molar-refractivity contribution in [3.05, 3.63) is 0 Å². The van der Waals surface area contributed by atoms with Crippen LogP contribution in [0.4, 0.5) is 0 Å². The van der Waals surface area contributed by atoms with E-state index in [1.807, 2.05) is 6.92 Å². The molecule has 1 rings (SSSR count). The molecule has 0 aromatic heterocycles. The third-order valence-corrected chi connectivity index (χ3v) is 2.49. The molecule has 1 fully saturated rings. The molecule has 0 bridgehead atoms. The highest BCUT2D eigenvalue weighted by molar-refractivity contribution is 5.10. The molecule has 0 aromatic rings. The van der Waals surface area contributed by atoms with Crippen LogP contribution >= 0.6 is 0 Å². The van der Waals surface area contributed by atoms with Gasteiger partial charge in [0.25, 0.3) is 0 Å². The molecule has 2 atom stereocenters. The summed E-state index contributed by atoms with van der Waals surface area (Å²) < 4.78 is 0. The molecule has 2 N–H and O–H groups in total. The van der Waals surface area contributed by atoms with Gasteiger partial charge in [-0.3, -0.25) is 5.32 Å². The highest BCUT2D eigenvalue weighted by Gasteiger charge is 2.32. The maximum Gasteiger partial charge on any atom is 0.119 e. The SMILES string of the molecule is CCNC1(C#N)CCC(C)NC1. The van der Waals surface area contributed by atoms with Crippen LogP contribution in [0.1, 0.15) is 26.7 Å². The Balaban J connectivity index is 2.52. The summed E-state index contributed by atoms with van der Waals surface area (Å²) in [4.78, 5) is 0. The van der Waals surface area contributed by atoms with E-state index >= 15 is 0 Å². The maximum absolute atomic E-state index is 9.01. The number of nitrogens with zero attached hydrogens (tertiary/aromatic N) is 1. The molecule has 12 heavy (non-hydrogen) atoms. The zero-order chi connectivity index (χ0) is 9.03. The third-order valence-electron chi connectivity index (χ3n) is 2.49. The zero-order valence-corrected chi connectivity index (χ0v) is 7.85. The van der Waals surface area contributed by atoms with Crippen LogP contribution in [0.2, 0.25) is 0 Å². The van der Waals surface area contributed by atoms with Crippen LogP contribution in [0.15, 0.2) is 0 Å². The van der Waals surface area contributed by atoms with E-state index in [2.05, 4.69) is 23.6 Å². The van der Waals surface area contributed by atoms with Gasteiger partial charge in [-0.05, 0) is 26.3 Å². The minimum Gasteiger partial charge on any atom is -0.311 e. The maximum atomic E-state index is 9.01. The average molecular weight is 167 g/mol. The first-order valence-electron chi connectivity index (χ1n) is 4.62. The van der Waals surface area contributed by atoms with Gasteiger partial charge >= 0.3 is 0 Å². The minimum absolute atomic E-state index is 0.304. The molecular formula is C9H17N3. The Morgan fingerprint density at radius 2 is 2.50 bits per heavy atom. The zero-order valence-electron chi connectivity index (χ0n) is 7.85. The first-order chi connectivity index (χ1) is 5.72. The molecule has 0 saturated carbocycles. The van der Waals surface area contributed by atoms with Gasteiger partial charge in [0, 0.05) is 12.6 Å². The predicted molar refractivity (Wildman–Crippen MR) is 48.7 cm³/mol. The number of rotatable bonds is 2. The van der Waals surface area contributed by atoms with Crippen LogP contribution in [-0.2, 0) is 0 Å². The van der Waals surface area contributed by atoms with Gasteiger partial charge < -0.3 is 5.32 Å². The standard InChI is InChI=1S/C9H17N3/c1-3-12-9(6-10)5-4-8(2)11-7-9/h8,11-12H,3-5,7H2,1-2H3. The smallest absolute Gasteiger partial charge is 0.119 e. The highest BCUT2D eigenvalue weighted by atomic mass is 15.1. The van der Waals surface area contributed by atoms with E-state index in [9.17, 15) is 0 Å². The van der Waals surface area contributed by atoms with Gasteiger partial charge in [0.2, 0.25) is 0 Å². The molecular weight excluding hydrogens is 150 g/mol. The lowest BCUT2D eigenvalue weighted by atomic mass is 9.89. The van der Waals surface area contributed by atoms with Crippen LogP contribution < -0.4 is 10.6 Å². The second-order valence-electron chi connectivity index (χ2n) is 3.54. The average Bonchev–Trinajstić information content (AvgIpc) is 2.10. The van der Waals surface area contributed by atoms with Crippen LogP contribution in [0.5, 0.6) is 0 Å². The van der Waals surface area contributed by atoms with Crippen molar-refractivity contribution in [3.63, 3.8) is 0 Å². The van der Waals surface area contributed by atoms with Crippen LogP contribution in [0.3, 0.4) is 0 Å². The van der Waals surface area contributed by atoms with Crippen molar-refractivity contribution < 1.29 is 0 Å². The Morgan fingerprint density at radius 1 is 1.75 bits per heavy atom. The number of hydrogen-bond donors (Lipinski definition) is 2. The molecule has 2 unspecified atom stereocenters. The van der Waals surface area contributed by atoms with Gasteiger partial charge in [0.15, 0.2) is 0 Å². The third kappa shape index (κ3) is 1.96. The van der Waals surface area contributed by atoms with E-state index in [0.29, 0.717) is 6.04 Å². The Kier molecular flexibility index (Phi) is 3.07. The number of nitrogens with one attached hydrogen (secondary N) is 2. The Labute approximate surface area is 74.1 Å². The molecule has 0 spiro atoms. The van der Waals surface area contributed by atoms with Gasteiger partial charge in [-0.1, -0.05) is 6.92 Å². The van der Waals surface area contributed by atoms with Crippen molar-refractivity contribution in [2.75, 3.05) is 13.1 Å². The van der Waals surface area contributed by atoms with Gasteiger partial charge in [0.1, 0.15) is 5.54 Å². The quantitative estimate of drug-likeness (QED) is 0.634. The highest BCUT2D eigenvalue weighted by Crippen LogP contribution is 2.17. The number of hydrogen-bond acceptors (Lipinski definition) is 3. The molecule has 0 amide bonds. The number of likely N-dealkylation sites (N-methyl/N-ethyl adjacent to an activating group) is 1. The summed E-state index contributed by atoms with van der Waals surface area (Å²) in [5.74, 6) is 0. The first kappa shape index (κ1) is 9.50. The van der Waals surface area contributed by atoms with Gasteiger partial charge in [-0.15, -0.1) is 0 Å². The van der Waals surface area contributed by atoms with Gasteiger partial charge in [-0.2, -0.15) is 5.26 Å². The van der Waals surface area contributed by atoms with Gasteiger partial charge in [0.05, 0.1) is 6.07 Å². The summed E-state index contributed by atoms with van der Waals surface area (Å²) >= 11 is 0. The molecule has 3 nitrogen and oxygen atoms in total. The van der Waals surface area contributed by atoms with E-state index in [1.165, 1.54) is 0 Å². The predicted octanol–water partition coefficient (Wildman–Crippen LogP) is 0.630. The number of nitriles is 1. The summed E-state index contributed by atoms with van der Waals surface area (Å²) in [5, 5.41) is 15.6. The molecule has 0 radical (unpaired) electrons. The fraction of sp³-hybridized carbons (Fsp3) is 0.889. The fourth-order valence-electron chi connectivity index (χ4n) is 1.63. The second kappa shape index (κ2) is 3.88. The summed E-state index contributed by atoms with van der Waals surface area (Å²) in [6.45, 7) is 5.84. The lowest BCUT2D eigenvalue weighted by molar-refractivity contribution is 0.282. The summed E-state index contributed by atoms with van der Waals surface area (Å²) in [6.07, 6.45) is 2.05. The Hall–Kier alpha value is -0.590. The second-order valence-corrected chi connectivity index (χ2v) is 3.54. The molecule has 3 heteroatoms. The normalized spacial score (nSPS) is 35.9. The Bertz CT molecular complexity index is 175. The van der Waals surface area contributed by atoms with E-state index < -0.39 is 0 Å². The first-order valence-corrected chi connectivity index (χ1v) is 4.62. The molecule has 1 saturated heterocycles. The molecule has 1 aliphatic rings. The lowest BCUT2D eigenvalue weighted by Gasteiger charge is -2.35. The van der Waals surface area contributed by atoms with E-state index in [1.54, 1.807) is 0 Å². The van der Waals surface area contributed by atoms with Crippen molar-refractivity contribution in [1.82, 2.24) is 10.6 Å². The number of piperidine rings is 1. The molecule has 0 aromatic carbocycles. The monoisotopic (exact) mass is 167 g/mol. The topological polar surface area (TPSA) is 47.9 Å². The molecule has 1 aliphatic heterocycles. The van der Waals surface area contributed by atoms with Crippen molar-refractivity contribution in [3.8, 4) is 6.07 Å². The van der Waals surface area contributed by atoms with Crippen molar-refractivity contribution in [2.45, 2.75) is 38.3 Å². The lowest BCUT2D eigenvalue weighted by Crippen LogP contribution is -2.56. The van der Waals surface area contributed by atoms with E-state index in [-0.39, 0.29) is 5.54 Å². The molecule has 68 valence electrons. The summed E-state index contributed by atoms with van der Waals surface area (Å²) in [6, 6.07) is 2.93. The van der Waals surface area contributed by atoms with Crippen molar-refractivity contribution >= 4 is 0 Å². The van der Waals surface area contributed by atoms with Crippen molar-refractivity contribution in [1.29, 1.82) is 5.26 Å². The van der Waals surface area contributed by atoms with E-state index in [0.717, 1.165) is 25.9 Å². The Morgan fingerprint density at radius 3 is 2.92 bits per heavy atom. The van der Waals surface area contributed by atoms with Crippen LogP contribution in [0.25, 0.3) is 0 Å². The molecule has 1 heterocycles. The largest absolute Gasteiger partial charge is 0.311 e. The van der Waals surface area contributed by atoms with Crippen LogP contribution in [0, 0.1) is 11.3 Å². The van der Waals surface area contributed by atoms with E-state index in [4.69, 9.17) is 5.26 Å². The van der Waals surface area contributed by atoms with Crippen molar-refractivity contribution in [2.24, 2.45) is 0 Å². The van der Waals surface area contributed by atoms with Crippen LogP contribution in [-0.4, -0.2) is 24.7 Å². The minimum atomic E-state index is -0.304. The van der Waals surface area contributed by atoms with Gasteiger partial charge in [-0.25, -0.2) is 0 Å². The fourth-order valence-corrected chi connectivity index (χ4v) is 1.63. The summed E-state index contributed by atoms with van der Waals surface area (Å²) in [5.41, 5.74) is -0.304.